The van der Waals surface area contributed by atoms with Crippen molar-refractivity contribution >= 4 is 17.4 Å². The highest BCUT2D eigenvalue weighted by Crippen LogP contribution is 2.26. The Labute approximate surface area is 118 Å². The highest BCUT2D eigenvalue weighted by atomic mass is 32.2. The SMILES string of the molecule is CCSc1ccccc1NCc1cccc(C#N)c1. The van der Waals surface area contributed by atoms with Gasteiger partial charge in [0.1, 0.15) is 0 Å². The molecule has 0 spiro atoms. The van der Waals surface area contributed by atoms with Crippen LogP contribution in [0.3, 0.4) is 0 Å². The zero-order valence-corrected chi connectivity index (χ0v) is 11.7. The van der Waals surface area contributed by atoms with Crippen molar-refractivity contribution in [3.05, 3.63) is 59.7 Å². The molecular formula is C16H16N2S. The van der Waals surface area contributed by atoms with Gasteiger partial charge < -0.3 is 5.32 Å². The molecule has 0 bridgehead atoms. The number of thioether (sulfide) groups is 1. The summed E-state index contributed by atoms with van der Waals surface area (Å²) >= 11 is 1.83. The van der Waals surface area contributed by atoms with Gasteiger partial charge in [-0.1, -0.05) is 31.2 Å². The van der Waals surface area contributed by atoms with E-state index < -0.39 is 0 Å². The van der Waals surface area contributed by atoms with Crippen LogP contribution in [0.4, 0.5) is 5.69 Å². The van der Waals surface area contributed by atoms with Gasteiger partial charge in [-0.3, -0.25) is 0 Å². The van der Waals surface area contributed by atoms with Gasteiger partial charge in [0, 0.05) is 17.1 Å². The molecule has 19 heavy (non-hydrogen) atoms. The molecule has 0 unspecified atom stereocenters. The first-order chi connectivity index (χ1) is 9.33. The molecule has 2 aromatic rings. The zero-order valence-electron chi connectivity index (χ0n) is 10.9. The van der Waals surface area contributed by atoms with Gasteiger partial charge in [-0.05, 0) is 35.6 Å². The van der Waals surface area contributed by atoms with Gasteiger partial charge in [-0.25, -0.2) is 0 Å². The second-order valence-corrected chi connectivity index (χ2v) is 5.40. The van der Waals surface area contributed by atoms with Gasteiger partial charge in [-0.2, -0.15) is 5.26 Å². The van der Waals surface area contributed by atoms with Crippen LogP contribution in [0, 0.1) is 11.3 Å². The summed E-state index contributed by atoms with van der Waals surface area (Å²) in [6, 6.07) is 18.2. The smallest absolute Gasteiger partial charge is 0.0991 e. The predicted molar refractivity (Wildman–Crippen MR) is 81.3 cm³/mol. The highest BCUT2D eigenvalue weighted by molar-refractivity contribution is 7.99. The second kappa shape index (κ2) is 6.86. The summed E-state index contributed by atoms with van der Waals surface area (Å²) in [5.74, 6) is 1.06. The van der Waals surface area contributed by atoms with Gasteiger partial charge in [0.25, 0.3) is 0 Å². The number of benzene rings is 2. The third-order valence-electron chi connectivity index (χ3n) is 2.73. The number of hydrogen-bond acceptors (Lipinski definition) is 3. The van der Waals surface area contributed by atoms with Crippen LogP contribution < -0.4 is 5.32 Å². The lowest BCUT2D eigenvalue weighted by Crippen LogP contribution is -2.00. The number of anilines is 1. The van der Waals surface area contributed by atoms with Gasteiger partial charge >= 0.3 is 0 Å². The van der Waals surface area contributed by atoms with Gasteiger partial charge in [-0.15, -0.1) is 11.8 Å². The van der Waals surface area contributed by atoms with E-state index in [4.69, 9.17) is 5.26 Å². The summed E-state index contributed by atoms with van der Waals surface area (Å²) < 4.78 is 0. The van der Waals surface area contributed by atoms with E-state index in [0.29, 0.717) is 5.56 Å². The minimum absolute atomic E-state index is 0.704. The maximum atomic E-state index is 8.89. The molecule has 0 radical (unpaired) electrons. The summed E-state index contributed by atoms with van der Waals surface area (Å²) in [7, 11) is 0. The lowest BCUT2D eigenvalue weighted by atomic mass is 10.1. The minimum atomic E-state index is 0.704. The highest BCUT2D eigenvalue weighted by Gasteiger charge is 2.01. The molecule has 0 aliphatic carbocycles. The van der Waals surface area contributed by atoms with Crippen molar-refractivity contribution in [3.63, 3.8) is 0 Å². The van der Waals surface area contributed by atoms with Crippen molar-refractivity contribution < 1.29 is 0 Å². The maximum Gasteiger partial charge on any atom is 0.0991 e. The topological polar surface area (TPSA) is 35.8 Å². The van der Waals surface area contributed by atoms with Crippen molar-refractivity contribution in [1.82, 2.24) is 0 Å². The standard InChI is InChI=1S/C16H16N2S/c1-2-19-16-9-4-3-8-15(16)18-12-14-7-5-6-13(10-14)11-17/h3-10,18H,2,12H2,1H3. The molecule has 96 valence electrons. The molecule has 0 aliphatic rings. The van der Waals surface area contributed by atoms with Crippen LogP contribution in [-0.2, 0) is 6.54 Å². The van der Waals surface area contributed by atoms with Crippen molar-refractivity contribution in [2.75, 3.05) is 11.1 Å². The number of nitrogens with zero attached hydrogens (tertiary/aromatic N) is 1. The van der Waals surface area contributed by atoms with E-state index in [1.807, 2.05) is 42.1 Å². The van der Waals surface area contributed by atoms with Crippen LogP contribution in [0.15, 0.2) is 53.4 Å². The Balaban J connectivity index is 2.08. The number of nitrogens with one attached hydrogen (secondary N) is 1. The van der Waals surface area contributed by atoms with Gasteiger partial charge in [0.05, 0.1) is 11.6 Å². The Morgan fingerprint density at radius 3 is 2.79 bits per heavy atom. The van der Waals surface area contributed by atoms with Crippen LogP contribution in [0.1, 0.15) is 18.1 Å². The molecule has 0 saturated heterocycles. The lowest BCUT2D eigenvalue weighted by molar-refractivity contribution is 1.13. The Bertz CT molecular complexity index is 587. The zero-order chi connectivity index (χ0) is 13.5. The second-order valence-electron chi connectivity index (χ2n) is 4.09. The van der Waals surface area contributed by atoms with Crippen molar-refractivity contribution in [3.8, 4) is 6.07 Å². The fraction of sp³-hybridized carbons (Fsp3) is 0.188. The van der Waals surface area contributed by atoms with E-state index in [9.17, 15) is 0 Å². The normalized spacial score (nSPS) is 9.89. The molecule has 1 N–H and O–H groups in total. The fourth-order valence-electron chi connectivity index (χ4n) is 1.84. The maximum absolute atomic E-state index is 8.89. The molecule has 0 amide bonds. The molecular weight excluding hydrogens is 252 g/mol. The summed E-state index contributed by atoms with van der Waals surface area (Å²) in [6.07, 6.45) is 0. The summed E-state index contributed by atoms with van der Waals surface area (Å²) in [6.45, 7) is 2.88. The first-order valence-corrected chi connectivity index (χ1v) is 7.26. The molecule has 0 fully saturated rings. The van der Waals surface area contributed by atoms with Crippen LogP contribution >= 0.6 is 11.8 Å². The molecule has 2 rings (SSSR count). The van der Waals surface area contributed by atoms with Gasteiger partial charge in [0.2, 0.25) is 0 Å². The first-order valence-electron chi connectivity index (χ1n) is 6.28. The Hall–Kier alpha value is -1.92. The monoisotopic (exact) mass is 268 g/mol. The van der Waals surface area contributed by atoms with E-state index in [1.54, 1.807) is 0 Å². The van der Waals surface area contributed by atoms with Crippen molar-refractivity contribution in [2.24, 2.45) is 0 Å². The summed E-state index contributed by atoms with van der Waals surface area (Å²) in [5, 5.41) is 12.3. The number of rotatable bonds is 5. The molecule has 0 atom stereocenters. The molecule has 0 saturated carbocycles. The van der Waals surface area contributed by atoms with E-state index in [1.165, 1.54) is 4.90 Å². The Kier molecular flexibility index (Phi) is 4.88. The van der Waals surface area contributed by atoms with Crippen LogP contribution in [0.25, 0.3) is 0 Å². The van der Waals surface area contributed by atoms with E-state index in [0.717, 1.165) is 23.5 Å². The molecule has 2 aromatic carbocycles. The third kappa shape index (κ3) is 3.77. The predicted octanol–water partition coefficient (Wildman–Crippen LogP) is 4.28. The molecule has 0 aromatic heterocycles. The molecule has 2 nitrogen and oxygen atoms in total. The number of nitriles is 1. The third-order valence-corrected chi connectivity index (χ3v) is 3.68. The minimum Gasteiger partial charge on any atom is -0.380 e. The Morgan fingerprint density at radius 2 is 2.00 bits per heavy atom. The van der Waals surface area contributed by atoms with Crippen molar-refractivity contribution in [1.29, 1.82) is 5.26 Å². The quantitative estimate of drug-likeness (QED) is 0.822. The average molecular weight is 268 g/mol. The number of hydrogen-bond donors (Lipinski definition) is 1. The van der Waals surface area contributed by atoms with Crippen molar-refractivity contribution in [2.45, 2.75) is 18.4 Å². The van der Waals surface area contributed by atoms with Gasteiger partial charge in [0.15, 0.2) is 0 Å². The summed E-state index contributed by atoms with van der Waals surface area (Å²) in [5.41, 5.74) is 2.97. The molecule has 0 aliphatic heterocycles. The first kappa shape index (κ1) is 13.5. The summed E-state index contributed by atoms with van der Waals surface area (Å²) in [4.78, 5) is 1.27. The fourth-order valence-corrected chi connectivity index (χ4v) is 2.62. The molecule has 0 heterocycles. The van der Waals surface area contributed by atoms with E-state index >= 15 is 0 Å². The Morgan fingerprint density at radius 1 is 1.16 bits per heavy atom. The number of para-hydroxylation sites is 1. The largest absolute Gasteiger partial charge is 0.380 e. The average Bonchev–Trinajstić information content (AvgIpc) is 2.47. The van der Waals surface area contributed by atoms with E-state index in [-0.39, 0.29) is 0 Å². The van der Waals surface area contributed by atoms with Crippen LogP contribution in [-0.4, -0.2) is 5.75 Å². The lowest BCUT2D eigenvalue weighted by Gasteiger charge is -2.11. The molecule has 3 heteroatoms. The van der Waals surface area contributed by atoms with Crippen LogP contribution in [0.5, 0.6) is 0 Å². The van der Waals surface area contributed by atoms with Crippen LogP contribution in [0.2, 0.25) is 0 Å². The van der Waals surface area contributed by atoms with E-state index in [2.05, 4.69) is 36.5 Å².